The maximum Gasteiger partial charge on any atom is 0.417 e. The number of alkyl halides is 5. The molecule has 4 aromatic rings. The molecule has 1 aliphatic heterocycles. The third kappa shape index (κ3) is 6.72. The van der Waals surface area contributed by atoms with Crippen LogP contribution in [-0.4, -0.2) is 46.2 Å². The number of aromatic nitrogens is 2. The lowest BCUT2D eigenvalue weighted by molar-refractivity contribution is -0.203. The first-order valence-electron chi connectivity index (χ1n) is 13.6. The van der Waals surface area contributed by atoms with Gasteiger partial charge in [0, 0.05) is 58.9 Å². The number of nitrogen functional groups attached to an aromatic ring is 1. The number of carbonyl (C=O) groups is 2. The number of amides is 2. The number of anilines is 1. The van der Waals surface area contributed by atoms with Gasteiger partial charge in [-0.25, -0.2) is 13.8 Å². The summed E-state index contributed by atoms with van der Waals surface area (Å²) >= 11 is 0.960. The Morgan fingerprint density at radius 2 is 1.84 bits per heavy atom. The highest BCUT2D eigenvalue weighted by atomic mass is 32.1. The number of benzene rings is 1. The van der Waals surface area contributed by atoms with Gasteiger partial charge in [-0.1, -0.05) is 12.2 Å². The highest BCUT2D eigenvalue weighted by molar-refractivity contribution is 7.19. The average molecular weight is 630 g/mol. The van der Waals surface area contributed by atoms with Crippen molar-refractivity contribution < 1.29 is 31.5 Å². The molecule has 13 heteroatoms. The Kier molecular flexibility index (Phi) is 8.43. The van der Waals surface area contributed by atoms with Gasteiger partial charge in [-0.3, -0.25) is 14.6 Å². The highest BCUT2D eigenvalue weighted by Gasteiger charge is 2.62. The Bertz CT molecular complexity index is 1690. The number of thiophene rings is 1. The van der Waals surface area contributed by atoms with Crippen LogP contribution in [0.25, 0.3) is 27.4 Å². The topological polar surface area (TPSA) is 101 Å². The second-order valence-corrected chi connectivity index (χ2v) is 12.1. The minimum Gasteiger partial charge on any atom is -0.384 e. The van der Waals surface area contributed by atoms with Crippen LogP contribution in [-0.2, 0) is 17.5 Å². The lowest BCUT2D eigenvalue weighted by Crippen LogP contribution is -2.66. The second kappa shape index (κ2) is 11.9. The molecular weight excluding hydrogens is 601 g/mol. The van der Waals surface area contributed by atoms with Crippen LogP contribution in [0, 0.1) is 5.41 Å². The van der Waals surface area contributed by atoms with E-state index in [1.54, 1.807) is 24.4 Å². The van der Waals surface area contributed by atoms with E-state index in [2.05, 4.69) is 15.3 Å². The largest absolute Gasteiger partial charge is 0.417 e. The summed E-state index contributed by atoms with van der Waals surface area (Å²) in [5.74, 6) is -2.42. The molecule has 0 radical (unpaired) electrons. The van der Waals surface area contributed by atoms with Crippen LogP contribution in [0.1, 0.15) is 46.1 Å². The number of pyridine rings is 2. The summed E-state index contributed by atoms with van der Waals surface area (Å²) in [5, 5.41) is 2.82. The van der Waals surface area contributed by atoms with E-state index in [0.717, 1.165) is 23.0 Å². The quantitative estimate of drug-likeness (QED) is 0.181. The van der Waals surface area contributed by atoms with Crippen molar-refractivity contribution in [3.63, 3.8) is 0 Å². The zero-order chi connectivity index (χ0) is 31.7. The smallest absolute Gasteiger partial charge is 0.384 e. The molecule has 1 aliphatic carbocycles. The molecule has 6 rings (SSSR count). The minimum atomic E-state index is -4.59. The molecule has 44 heavy (non-hydrogen) atoms. The minimum absolute atomic E-state index is 0.0685. The molecule has 7 nitrogen and oxygen atoms in total. The van der Waals surface area contributed by atoms with Crippen LogP contribution in [0.5, 0.6) is 0 Å². The Balaban J connectivity index is 0.000000328. The zero-order valence-electron chi connectivity index (χ0n) is 23.5. The van der Waals surface area contributed by atoms with E-state index in [4.69, 9.17) is 5.73 Å². The van der Waals surface area contributed by atoms with Gasteiger partial charge >= 0.3 is 6.18 Å². The SMILES string of the molecule is C/C=C/c1ccc(N)nc1.O=CNCc1cc2cc(-c3ccc(C(=O)N4CC5(C4)CC(F)(F)C5)cn3)cc(C(F)(F)F)c2s1. The second-order valence-electron chi connectivity index (χ2n) is 11.0. The molecule has 2 amide bonds. The molecule has 0 atom stereocenters. The lowest BCUT2D eigenvalue weighted by atomic mass is 9.61. The fourth-order valence-electron chi connectivity index (χ4n) is 5.55. The fraction of sp³-hybridized carbons (Fsp3) is 0.290. The van der Waals surface area contributed by atoms with Gasteiger partial charge in [-0.15, -0.1) is 11.3 Å². The standard InChI is InChI=1S/C23H18F5N3O2S.C8H10N2/c24-22(25)8-21(9-22)10-31(11-21)20(33)13-1-2-18(30-6-13)14-3-15-4-16(7-29-12-32)34-19(15)17(5-14)23(26,27)28;1-2-3-7-4-5-8(9)10-6-7/h1-6,12H,7-11H2,(H,29,32);2-6H,1H3,(H2,9,10)/b;3-2+. The lowest BCUT2D eigenvalue weighted by Gasteiger charge is -2.58. The Labute approximate surface area is 253 Å². The number of carbonyl (C=O) groups excluding carboxylic acids is 2. The van der Waals surface area contributed by atoms with Crippen molar-refractivity contribution in [2.24, 2.45) is 5.41 Å². The van der Waals surface area contributed by atoms with Gasteiger partial charge in [0.25, 0.3) is 5.91 Å². The van der Waals surface area contributed by atoms with Gasteiger partial charge in [-0.05, 0) is 60.3 Å². The third-order valence-corrected chi connectivity index (χ3v) is 8.60. The Hall–Kier alpha value is -4.39. The van der Waals surface area contributed by atoms with Gasteiger partial charge in [-0.2, -0.15) is 13.2 Å². The molecule has 1 aromatic carbocycles. The number of halogens is 5. The number of rotatable bonds is 6. The van der Waals surface area contributed by atoms with Gasteiger partial charge < -0.3 is 16.0 Å². The van der Waals surface area contributed by atoms with Crippen LogP contribution >= 0.6 is 11.3 Å². The van der Waals surface area contributed by atoms with Crippen molar-refractivity contribution >= 4 is 45.6 Å². The summed E-state index contributed by atoms with van der Waals surface area (Å²) in [6, 6.07) is 10.9. The first-order chi connectivity index (χ1) is 20.8. The Morgan fingerprint density at radius 1 is 1.09 bits per heavy atom. The molecule has 0 bridgehead atoms. The van der Waals surface area contributed by atoms with E-state index in [1.807, 2.05) is 25.1 Å². The van der Waals surface area contributed by atoms with Crippen LogP contribution < -0.4 is 11.1 Å². The highest BCUT2D eigenvalue weighted by Crippen LogP contribution is 2.56. The Morgan fingerprint density at radius 3 is 2.41 bits per heavy atom. The van der Waals surface area contributed by atoms with Crippen LogP contribution in [0.3, 0.4) is 0 Å². The first-order valence-corrected chi connectivity index (χ1v) is 14.4. The van der Waals surface area contributed by atoms with E-state index >= 15 is 0 Å². The first kappa shape index (κ1) is 31.0. The van der Waals surface area contributed by atoms with Crippen molar-refractivity contribution in [3.8, 4) is 11.3 Å². The molecular formula is C31H28F5N5O2S. The molecule has 4 heterocycles. The van der Waals surface area contributed by atoms with Gasteiger partial charge in [0.2, 0.25) is 12.3 Å². The third-order valence-electron chi connectivity index (χ3n) is 7.41. The van der Waals surface area contributed by atoms with Crippen molar-refractivity contribution in [1.82, 2.24) is 20.2 Å². The molecule has 3 aromatic heterocycles. The number of nitrogens with zero attached hydrogens (tertiary/aromatic N) is 3. The summed E-state index contributed by atoms with van der Waals surface area (Å²) in [4.78, 5) is 33.3. The number of nitrogens with two attached hydrogens (primary N) is 1. The summed E-state index contributed by atoms with van der Waals surface area (Å²) in [6.07, 6.45) is 2.46. The van der Waals surface area contributed by atoms with E-state index in [-0.39, 0.29) is 59.9 Å². The monoisotopic (exact) mass is 629 g/mol. The van der Waals surface area contributed by atoms with Crippen molar-refractivity contribution in [3.05, 3.63) is 82.5 Å². The predicted octanol–water partition coefficient (Wildman–Crippen LogP) is 6.80. The van der Waals surface area contributed by atoms with Gasteiger partial charge in [0.1, 0.15) is 5.82 Å². The van der Waals surface area contributed by atoms with Crippen LogP contribution in [0.2, 0.25) is 0 Å². The molecule has 2 aliphatic rings. The normalized spacial score (nSPS) is 16.6. The fourth-order valence-corrected chi connectivity index (χ4v) is 6.68. The maximum atomic E-state index is 13.7. The predicted molar refractivity (Wildman–Crippen MR) is 159 cm³/mol. The molecule has 1 spiro atoms. The summed E-state index contributed by atoms with van der Waals surface area (Å²) in [6.45, 7) is 2.64. The van der Waals surface area contributed by atoms with Crippen molar-refractivity contribution in [1.29, 1.82) is 0 Å². The molecule has 3 N–H and O–H groups in total. The van der Waals surface area contributed by atoms with E-state index in [1.165, 1.54) is 23.2 Å². The van der Waals surface area contributed by atoms with Gasteiger partial charge in [0.15, 0.2) is 0 Å². The van der Waals surface area contributed by atoms with E-state index in [9.17, 15) is 31.5 Å². The average Bonchev–Trinajstić information content (AvgIpc) is 3.36. The summed E-state index contributed by atoms with van der Waals surface area (Å²) in [5.41, 5.74) is 5.94. The summed E-state index contributed by atoms with van der Waals surface area (Å²) in [7, 11) is 0. The maximum absolute atomic E-state index is 13.7. The van der Waals surface area contributed by atoms with Crippen molar-refractivity contribution in [2.75, 3.05) is 18.8 Å². The van der Waals surface area contributed by atoms with E-state index in [0.29, 0.717) is 22.5 Å². The number of hydrogen-bond donors (Lipinski definition) is 2. The number of allylic oxidation sites excluding steroid dienone is 1. The zero-order valence-corrected chi connectivity index (χ0v) is 24.3. The molecule has 0 unspecified atom stereocenters. The molecule has 2 fully saturated rings. The number of nitrogens with one attached hydrogen (secondary N) is 1. The van der Waals surface area contributed by atoms with Crippen LogP contribution in [0.15, 0.2) is 60.9 Å². The molecule has 1 saturated carbocycles. The number of hydrogen-bond acceptors (Lipinski definition) is 6. The summed E-state index contributed by atoms with van der Waals surface area (Å²) < 4.78 is 67.6. The van der Waals surface area contributed by atoms with Crippen molar-refractivity contribution in [2.45, 2.75) is 38.4 Å². The number of fused-ring (bicyclic) bond motifs is 1. The molecule has 230 valence electrons. The molecule has 1 saturated heterocycles. The van der Waals surface area contributed by atoms with E-state index < -0.39 is 23.1 Å². The van der Waals surface area contributed by atoms with Crippen LogP contribution in [0.4, 0.5) is 27.8 Å². The number of likely N-dealkylation sites (tertiary alicyclic amines) is 1. The van der Waals surface area contributed by atoms with Gasteiger partial charge in [0.05, 0.1) is 23.4 Å².